The SMILES string of the molecule is CC(C)(C)c1ccc2c(n1)N1C[C@@H](CC[C@@H](c3cc(C4CCOCC4)ccn3)Nc3cccc(n3)S(=O)(=O)NC2=O)CC1(C)C. The lowest BCUT2D eigenvalue weighted by Gasteiger charge is -2.34. The highest BCUT2D eigenvalue weighted by Crippen LogP contribution is 2.41. The van der Waals surface area contributed by atoms with Crippen LogP contribution in [0.25, 0.3) is 0 Å². The van der Waals surface area contributed by atoms with Gasteiger partial charge in [0.15, 0.2) is 5.03 Å². The number of sulfonamides is 1. The maximum atomic E-state index is 13.7. The zero-order valence-corrected chi connectivity index (χ0v) is 27.7. The number of aromatic nitrogens is 3. The van der Waals surface area contributed by atoms with Gasteiger partial charge in [0.2, 0.25) is 0 Å². The quantitative estimate of drug-likeness (QED) is 0.364. The van der Waals surface area contributed by atoms with E-state index in [1.54, 1.807) is 18.2 Å². The second-order valence-electron chi connectivity index (χ2n) is 14.3. The van der Waals surface area contributed by atoms with Crippen molar-refractivity contribution >= 4 is 27.6 Å². The second kappa shape index (κ2) is 12.0. The standard InChI is InChI=1S/C34H44N6O4S/c1-33(2,3)28-12-10-25-31(37-28)40-21-22(20-34(40,4)5)9-11-26(27-19-24(13-16-35-27)23-14-17-44-18-15-23)36-29-7-6-8-30(38-29)45(42,43)39-32(25)41/h6-8,10,12-13,16,19,22-23,26H,9,11,14-15,17-18,20-21H2,1-5H3,(H,36,38)(H,39,41)/t22-,26-/m0/s1. The number of anilines is 2. The Kier molecular flexibility index (Phi) is 8.36. The number of carbonyl (C=O) groups excluding carboxylic acids is 1. The van der Waals surface area contributed by atoms with Gasteiger partial charge in [0.25, 0.3) is 15.9 Å². The number of hydrogen-bond acceptors (Lipinski definition) is 9. The van der Waals surface area contributed by atoms with Crippen molar-refractivity contribution in [3.63, 3.8) is 0 Å². The van der Waals surface area contributed by atoms with Crippen molar-refractivity contribution < 1.29 is 17.9 Å². The summed E-state index contributed by atoms with van der Waals surface area (Å²) in [5.74, 6) is 0.951. The fourth-order valence-electron chi connectivity index (χ4n) is 6.89. The molecule has 11 heteroatoms. The second-order valence-corrected chi connectivity index (χ2v) is 15.9. The van der Waals surface area contributed by atoms with Crippen LogP contribution >= 0.6 is 0 Å². The number of ether oxygens (including phenoxy) is 1. The number of rotatable bonds is 2. The van der Waals surface area contributed by atoms with Crippen LogP contribution in [0.1, 0.15) is 106 Å². The Morgan fingerprint density at radius 2 is 1.78 bits per heavy atom. The first-order chi connectivity index (χ1) is 21.3. The Balaban J connectivity index is 1.42. The number of hydrogen-bond donors (Lipinski definition) is 2. The van der Waals surface area contributed by atoms with E-state index >= 15 is 0 Å². The molecule has 0 spiro atoms. The summed E-state index contributed by atoms with van der Waals surface area (Å²) in [6, 6.07) is 12.4. The first kappa shape index (κ1) is 31.4. The highest BCUT2D eigenvalue weighted by atomic mass is 32.2. The van der Waals surface area contributed by atoms with Crippen molar-refractivity contribution in [2.75, 3.05) is 30.0 Å². The smallest absolute Gasteiger partial charge is 0.281 e. The van der Waals surface area contributed by atoms with Crippen molar-refractivity contribution in [1.82, 2.24) is 19.7 Å². The summed E-state index contributed by atoms with van der Waals surface area (Å²) in [6.07, 6.45) is 6.42. The van der Waals surface area contributed by atoms with Gasteiger partial charge in [-0.25, -0.2) is 14.7 Å². The summed E-state index contributed by atoms with van der Waals surface area (Å²) >= 11 is 0. The monoisotopic (exact) mass is 632 g/mol. The van der Waals surface area contributed by atoms with Crippen LogP contribution in [0, 0.1) is 5.92 Å². The Morgan fingerprint density at radius 1 is 1.00 bits per heavy atom. The van der Waals surface area contributed by atoms with E-state index in [0.29, 0.717) is 30.0 Å². The average molecular weight is 633 g/mol. The van der Waals surface area contributed by atoms with Gasteiger partial charge >= 0.3 is 0 Å². The van der Waals surface area contributed by atoms with Crippen LogP contribution in [0.4, 0.5) is 11.6 Å². The van der Waals surface area contributed by atoms with Crippen molar-refractivity contribution in [1.29, 1.82) is 0 Å². The van der Waals surface area contributed by atoms with Crippen molar-refractivity contribution in [3.05, 3.63) is 71.2 Å². The molecular formula is C34H44N6O4S. The lowest BCUT2D eigenvalue weighted by molar-refractivity contribution is 0.0853. The van der Waals surface area contributed by atoms with E-state index in [1.807, 2.05) is 12.3 Å². The van der Waals surface area contributed by atoms with Gasteiger partial charge < -0.3 is 15.0 Å². The van der Waals surface area contributed by atoms with E-state index in [0.717, 1.165) is 56.7 Å². The normalized spacial score (nSPS) is 23.7. The summed E-state index contributed by atoms with van der Waals surface area (Å²) in [5, 5.41) is 3.27. The molecular weight excluding hydrogens is 588 g/mol. The topological polar surface area (TPSA) is 126 Å². The van der Waals surface area contributed by atoms with Gasteiger partial charge in [-0.15, -0.1) is 0 Å². The molecule has 3 aromatic heterocycles. The van der Waals surface area contributed by atoms with Crippen LogP contribution in [0.3, 0.4) is 0 Å². The Hall–Kier alpha value is -3.57. The molecule has 240 valence electrons. The average Bonchev–Trinajstić information content (AvgIpc) is 3.32. The molecule has 45 heavy (non-hydrogen) atoms. The Bertz CT molecular complexity index is 1680. The number of carbonyl (C=O) groups is 1. The number of nitrogens with zero attached hydrogens (tertiary/aromatic N) is 4. The van der Waals surface area contributed by atoms with E-state index in [2.05, 4.69) is 66.7 Å². The third kappa shape index (κ3) is 6.70. The first-order valence-electron chi connectivity index (χ1n) is 15.9. The maximum absolute atomic E-state index is 13.7. The number of amides is 1. The zero-order valence-electron chi connectivity index (χ0n) is 26.8. The van der Waals surface area contributed by atoms with Gasteiger partial charge in [0.05, 0.1) is 17.3 Å². The molecule has 3 aliphatic heterocycles. The minimum absolute atomic E-state index is 0.190. The molecule has 0 saturated carbocycles. The van der Waals surface area contributed by atoms with Gasteiger partial charge in [-0.1, -0.05) is 26.8 Å². The number of fused-ring (bicyclic) bond motifs is 6. The minimum Gasteiger partial charge on any atom is -0.381 e. The summed E-state index contributed by atoms with van der Waals surface area (Å²) in [4.78, 5) is 30.1. The molecule has 2 fully saturated rings. The van der Waals surface area contributed by atoms with Crippen LogP contribution in [-0.4, -0.2) is 54.6 Å². The van der Waals surface area contributed by atoms with Crippen LogP contribution < -0.4 is 14.9 Å². The largest absolute Gasteiger partial charge is 0.381 e. The fraction of sp³-hybridized carbons (Fsp3) is 0.529. The summed E-state index contributed by atoms with van der Waals surface area (Å²) < 4.78 is 34.9. The number of pyridine rings is 3. The first-order valence-corrected chi connectivity index (χ1v) is 17.4. The van der Waals surface area contributed by atoms with Crippen LogP contribution in [0.2, 0.25) is 0 Å². The van der Waals surface area contributed by atoms with Crippen LogP contribution in [-0.2, 0) is 20.2 Å². The molecule has 2 N–H and O–H groups in total. The van der Waals surface area contributed by atoms with E-state index in [4.69, 9.17) is 14.7 Å². The molecule has 3 aromatic rings. The predicted octanol–water partition coefficient (Wildman–Crippen LogP) is 5.73. The molecule has 2 atom stereocenters. The van der Waals surface area contributed by atoms with E-state index in [9.17, 15) is 13.2 Å². The highest BCUT2D eigenvalue weighted by Gasteiger charge is 2.41. The molecule has 3 aliphatic rings. The lowest BCUT2D eigenvalue weighted by atomic mass is 9.89. The third-order valence-corrected chi connectivity index (χ3v) is 10.6. The zero-order chi connectivity index (χ0) is 32.0. The molecule has 0 unspecified atom stereocenters. The van der Waals surface area contributed by atoms with Crippen LogP contribution in [0.5, 0.6) is 0 Å². The molecule has 0 radical (unpaired) electrons. The van der Waals surface area contributed by atoms with Gasteiger partial charge in [-0.05, 0) is 99.7 Å². The van der Waals surface area contributed by atoms with Gasteiger partial charge in [0, 0.05) is 42.6 Å². The Morgan fingerprint density at radius 3 is 2.53 bits per heavy atom. The lowest BCUT2D eigenvalue weighted by Crippen LogP contribution is -2.41. The van der Waals surface area contributed by atoms with Crippen molar-refractivity contribution in [2.24, 2.45) is 5.92 Å². The highest BCUT2D eigenvalue weighted by molar-refractivity contribution is 7.90. The van der Waals surface area contributed by atoms with Gasteiger partial charge in [0.1, 0.15) is 11.6 Å². The summed E-state index contributed by atoms with van der Waals surface area (Å²) in [7, 11) is -4.28. The molecule has 6 heterocycles. The molecule has 4 bridgehead atoms. The van der Waals surface area contributed by atoms with Crippen molar-refractivity contribution in [3.8, 4) is 0 Å². The molecule has 0 aliphatic carbocycles. The van der Waals surface area contributed by atoms with Gasteiger partial charge in [-0.2, -0.15) is 8.42 Å². The predicted molar refractivity (Wildman–Crippen MR) is 174 cm³/mol. The summed E-state index contributed by atoms with van der Waals surface area (Å²) in [6.45, 7) is 12.8. The molecule has 0 aromatic carbocycles. The summed E-state index contributed by atoms with van der Waals surface area (Å²) in [5.41, 5.74) is 2.67. The Labute approximate surface area is 266 Å². The third-order valence-electron chi connectivity index (χ3n) is 9.37. The molecule has 1 amide bonds. The minimum atomic E-state index is -4.28. The van der Waals surface area contributed by atoms with E-state index < -0.39 is 15.9 Å². The van der Waals surface area contributed by atoms with E-state index in [1.165, 1.54) is 11.6 Å². The number of nitrogens with one attached hydrogen (secondary N) is 2. The van der Waals surface area contributed by atoms with Crippen LogP contribution in [0.15, 0.2) is 53.7 Å². The molecule has 10 nitrogen and oxygen atoms in total. The molecule has 6 rings (SSSR count). The molecule has 2 saturated heterocycles. The van der Waals surface area contributed by atoms with Gasteiger partial charge in [-0.3, -0.25) is 9.78 Å². The van der Waals surface area contributed by atoms with Crippen molar-refractivity contribution in [2.45, 2.75) is 94.7 Å². The van der Waals surface area contributed by atoms with E-state index in [-0.39, 0.29) is 27.6 Å². The fourth-order valence-corrected chi connectivity index (χ4v) is 7.83. The maximum Gasteiger partial charge on any atom is 0.281 e.